The molecular weight excluding hydrogens is 282 g/mol. The molecule has 1 amide bonds. The summed E-state index contributed by atoms with van der Waals surface area (Å²) in [6.45, 7) is 2.68. The second kappa shape index (κ2) is 7.84. The highest BCUT2D eigenvalue weighted by molar-refractivity contribution is 7.09. The average Bonchev–Trinajstić information content (AvgIpc) is 3.04. The van der Waals surface area contributed by atoms with Crippen molar-refractivity contribution in [2.45, 2.75) is 26.3 Å². The van der Waals surface area contributed by atoms with Crippen molar-refractivity contribution in [2.24, 2.45) is 5.92 Å². The first kappa shape index (κ1) is 15.6. The van der Waals surface area contributed by atoms with E-state index in [-0.39, 0.29) is 11.8 Å². The van der Waals surface area contributed by atoms with Gasteiger partial charge in [0.1, 0.15) is 5.75 Å². The molecule has 0 fully saturated rings. The molecule has 0 saturated carbocycles. The first-order chi connectivity index (χ1) is 10.2. The smallest absolute Gasteiger partial charge is 0.223 e. The number of nitrogens with one attached hydrogen (secondary N) is 1. The average molecular weight is 303 g/mol. The molecule has 0 aliphatic rings. The van der Waals surface area contributed by atoms with E-state index in [0.29, 0.717) is 6.54 Å². The molecule has 0 spiro atoms. The predicted octanol–water partition coefficient (Wildman–Crippen LogP) is 3.64. The molecule has 3 nitrogen and oxygen atoms in total. The van der Waals surface area contributed by atoms with Gasteiger partial charge in [0, 0.05) is 10.8 Å². The van der Waals surface area contributed by atoms with Gasteiger partial charge >= 0.3 is 0 Å². The Bertz CT molecular complexity index is 549. The van der Waals surface area contributed by atoms with Crippen LogP contribution in [0.1, 0.15) is 23.8 Å². The van der Waals surface area contributed by atoms with Crippen LogP contribution in [0.15, 0.2) is 41.8 Å². The summed E-state index contributed by atoms with van der Waals surface area (Å²) in [6.07, 6.45) is 1.60. The van der Waals surface area contributed by atoms with Crippen molar-refractivity contribution in [2.75, 3.05) is 7.11 Å². The van der Waals surface area contributed by atoms with Crippen molar-refractivity contribution < 1.29 is 9.53 Å². The first-order valence-corrected chi connectivity index (χ1v) is 8.04. The fourth-order valence-corrected chi connectivity index (χ4v) is 2.84. The van der Waals surface area contributed by atoms with E-state index in [1.807, 2.05) is 41.8 Å². The van der Waals surface area contributed by atoms with Crippen molar-refractivity contribution in [1.29, 1.82) is 0 Å². The number of thiophene rings is 1. The minimum atomic E-state index is 0.0124. The molecule has 21 heavy (non-hydrogen) atoms. The number of rotatable bonds is 7. The van der Waals surface area contributed by atoms with Crippen LogP contribution in [0.3, 0.4) is 0 Å². The molecule has 0 aliphatic heterocycles. The molecule has 0 aliphatic carbocycles. The number of benzene rings is 1. The maximum Gasteiger partial charge on any atom is 0.223 e. The van der Waals surface area contributed by atoms with E-state index in [2.05, 4.69) is 12.2 Å². The van der Waals surface area contributed by atoms with Crippen LogP contribution in [0.5, 0.6) is 5.75 Å². The Labute approximate surface area is 130 Å². The van der Waals surface area contributed by atoms with Crippen LogP contribution in [-0.4, -0.2) is 13.0 Å². The van der Waals surface area contributed by atoms with Crippen molar-refractivity contribution in [3.8, 4) is 5.75 Å². The van der Waals surface area contributed by atoms with Gasteiger partial charge in [0.05, 0.1) is 13.7 Å². The van der Waals surface area contributed by atoms with Gasteiger partial charge in [0.15, 0.2) is 0 Å². The summed E-state index contributed by atoms with van der Waals surface area (Å²) in [6, 6.07) is 12.0. The van der Waals surface area contributed by atoms with E-state index in [4.69, 9.17) is 4.74 Å². The van der Waals surface area contributed by atoms with Gasteiger partial charge < -0.3 is 10.1 Å². The van der Waals surface area contributed by atoms with E-state index in [1.54, 1.807) is 18.4 Å². The summed E-state index contributed by atoms with van der Waals surface area (Å²) >= 11 is 1.66. The Balaban J connectivity index is 1.90. The lowest BCUT2D eigenvalue weighted by Gasteiger charge is -2.15. The van der Waals surface area contributed by atoms with Crippen molar-refractivity contribution in [3.63, 3.8) is 0 Å². The summed E-state index contributed by atoms with van der Waals surface area (Å²) < 4.78 is 5.15. The highest BCUT2D eigenvalue weighted by Gasteiger charge is 2.16. The summed E-state index contributed by atoms with van der Waals surface area (Å²) in [7, 11) is 1.65. The molecule has 4 heteroatoms. The van der Waals surface area contributed by atoms with E-state index >= 15 is 0 Å². The largest absolute Gasteiger partial charge is 0.497 e. The fourth-order valence-electron chi connectivity index (χ4n) is 2.20. The number of methoxy groups -OCH3 is 1. The van der Waals surface area contributed by atoms with Crippen LogP contribution in [-0.2, 0) is 17.8 Å². The third kappa shape index (κ3) is 4.60. The van der Waals surface area contributed by atoms with Crippen LogP contribution in [0.2, 0.25) is 0 Å². The minimum absolute atomic E-state index is 0.0124. The zero-order valence-electron chi connectivity index (χ0n) is 12.5. The fraction of sp³-hybridized carbons (Fsp3) is 0.353. The number of hydrogen-bond donors (Lipinski definition) is 1. The molecule has 1 heterocycles. The van der Waals surface area contributed by atoms with Crippen LogP contribution < -0.4 is 10.1 Å². The molecular formula is C17H21NO2S. The Morgan fingerprint density at radius 2 is 2.05 bits per heavy atom. The summed E-state index contributed by atoms with van der Waals surface area (Å²) in [5.41, 5.74) is 1.16. The van der Waals surface area contributed by atoms with E-state index < -0.39 is 0 Å². The number of hydrogen-bond acceptors (Lipinski definition) is 3. The first-order valence-electron chi connectivity index (χ1n) is 7.16. The van der Waals surface area contributed by atoms with Crippen LogP contribution >= 0.6 is 11.3 Å². The Morgan fingerprint density at radius 1 is 1.29 bits per heavy atom. The standard InChI is InChI=1S/C17H21NO2S/c1-3-14(11-13-6-8-15(20-2)9-7-13)17(19)18-12-16-5-4-10-21-16/h4-10,14H,3,11-12H2,1-2H3,(H,18,19). The molecule has 0 saturated heterocycles. The summed E-state index contributed by atoms with van der Waals surface area (Å²) in [4.78, 5) is 13.4. The van der Waals surface area contributed by atoms with Gasteiger partial charge in [-0.3, -0.25) is 4.79 Å². The highest BCUT2D eigenvalue weighted by atomic mass is 32.1. The number of carbonyl (C=O) groups excluding carboxylic acids is 1. The quantitative estimate of drug-likeness (QED) is 0.848. The van der Waals surface area contributed by atoms with Crippen molar-refractivity contribution >= 4 is 17.2 Å². The van der Waals surface area contributed by atoms with Gasteiger partial charge in [-0.05, 0) is 42.0 Å². The lowest BCUT2D eigenvalue weighted by Crippen LogP contribution is -2.31. The summed E-state index contributed by atoms with van der Waals surface area (Å²) in [5, 5.41) is 5.05. The zero-order chi connectivity index (χ0) is 15.1. The van der Waals surface area contributed by atoms with Gasteiger partial charge in [-0.25, -0.2) is 0 Å². The van der Waals surface area contributed by atoms with E-state index in [9.17, 15) is 4.79 Å². The van der Waals surface area contributed by atoms with E-state index in [0.717, 1.165) is 24.2 Å². The molecule has 1 unspecified atom stereocenters. The van der Waals surface area contributed by atoms with Crippen LogP contribution in [0.25, 0.3) is 0 Å². The second-order valence-electron chi connectivity index (χ2n) is 4.95. The monoisotopic (exact) mass is 303 g/mol. The van der Waals surface area contributed by atoms with Crippen LogP contribution in [0.4, 0.5) is 0 Å². The van der Waals surface area contributed by atoms with E-state index in [1.165, 1.54) is 4.88 Å². The zero-order valence-corrected chi connectivity index (χ0v) is 13.3. The molecule has 0 radical (unpaired) electrons. The highest BCUT2D eigenvalue weighted by Crippen LogP contribution is 2.17. The van der Waals surface area contributed by atoms with Gasteiger partial charge in [-0.1, -0.05) is 25.1 Å². The number of ether oxygens (including phenoxy) is 1. The molecule has 1 aromatic heterocycles. The van der Waals surface area contributed by atoms with Gasteiger partial charge in [0.2, 0.25) is 5.91 Å². The maximum absolute atomic E-state index is 12.3. The van der Waals surface area contributed by atoms with Gasteiger partial charge in [0.25, 0.3) is 0 Å². The lowest BCUT2D eigenvalue weighted by atomic mass is 9.96. The Morgan fingerprint density at radius 3 is 2.62 bits per heavy atom. The SMILES string of the molecule is CCC(Cc1ccc(OC)cc1)C(=O)NCc1cccs1. The molecule has 1 atom stereocenters. The third-order valence-electron chi connectivity index (χ3n) is 3.52. The summed E-state index contributed by atoms with van der Waals surface area (Å²) in [5.74, 6) is 0.981. The molecule has 1 aromatic carbocycles. The molecule has 1 N–H and O–H groups in total. The van der Waals surface area contributed by atoms with Crippen molar-refractivity contribution in [3.05, 3.63) is 52.2 Å². The molecule has 112 valence electrons. The maximum atomic E-state index is 12.3. The lowest BCUT2D eigenvalue weighted by molar-refractivity contribution is -0.125. The number of amides is 1. The normalized spacial score (nSPS) is 11.9. The molecule has 2 aromatic rings. The Kier molecular flexibility index (Phi) is 5.81. The molecule has 0 bridgehead atoms. The third-order valence-corrected chi connectivity index (χ3v) is 4.40. The second-order valence-corrected chi connectivity index (χ2v) is 5.99. The van der Waals surface area contributed by atoms with Gasteiger partial charge in [-0.2, -0.15) is 0 Å². The topological polar surface area (TPSA) is 38.3 Å². The van der Waals surface area contributed by atoms with Crippen LogP contribution in [0, 0.1) is 5.92 Å². The predicted molar refractivity (Wildman–Crippen MR) is 86.6 cm³/mol. The van der Waals surface area contributed by atoms with Crippen molar-refractivity contribution in [1.82, 2.24) is 5.32 Å². The number of carbonyl (C=O) groups is 1. The molecule has 2 rings (SSSR count). The Hall–Kier alpha value is -1.81. The van der Waals surface area contributed by atoms with Gasteiger partial charge in [-0.15, -0.1) is 11.3 Å². The minimum Gasteiger partial charge on any atom is -0.497 e.